The van der Waals surface area contributed by atoms with E-state index in [0.717, 1.165) is 81.9 Å². The first-order valence-corrected chi connectivity index (χ1v) is 13.0. The molecule has 0 unspecified atom stereocenters. The Balaban J connectivity index is 1.32. The minimum atomic E-state index is -0.141. The summed E-state index contributed by atoms with van der Waals surface area (Å²) in [5.74, 6) is 1.91. The number of aromatic nitrogens is 2. The first kappa shape index (κ1) is 21.3. The number of morpholine rings is 1. The van der Waals surface area contributed by atoms with E-state index in [9.17, 15) is 4.39 Å². The highest BCUT2D eigenvalue weighted by Gasteiger charge is 2.28. The third-order valence-corrected chi connectivity index (χ3v) is 8.41. The average molecular weight is 469 g/mol. The topological polar surface area (TPSA) is 45.9 Å². The summed E-state index contributed by atoms with van der Waals surface area (Å²) < 4.78 is 19.9. The van der Waals surface area contributed by atoms with Gasteiger partial charge in [0.2, 0.25) is 0 Å². The van der Waals surface area contributed by atoms with Crippen molar-refractivity contribution >= 4 is 33.1 Å². The highest BCUT2D eigenvalue weighted by Crippen LogP contribution is 2.40. The highest BCUT2D eigenvalue weighted by atomic mass is 32.1. The minimum Gasteiger partial charge on any atom is -0.370 e. The number of nitrogens with one attached hydrogen (secondary N) is 1. The van der Waals surface area contributed by atoms with Crippen LogP contribution in [-0.2, 0) is 24.1 Å². The van der Waals surface area contributed by atoms with E-state index in [2.05, 4.69) is 9.80 Å². The molecule has 8 heteroatoms. The van der Waals surface area contributed by atoms with Gasteiger partial charge in [-0.25, -0.2) is 14.4 Å². The van der Waals surface area contributed by atoms with E-state index in [4.69, 9.17) is 14.7 Å². The Morgan fingerprint density at radius 3 is 2.55 bits per heavy atom. The van der Waals surface area contributed by atoms with E-state index < -0.39 is 0 Å². The molecule has 6 nitrogen and oxygen atoms in total. The molecule has 2 saturated heterocycles. The van der Waals surface area contributed by atoms with Crippen molar-refractivity contribution in [3.8, 4) is 0 Å². The minimum absolute atomic E-state index is 0.141. The van der Waals surface area contributed by atoms with Gasteiger partial charge in [-0.2, -0.15) is 0 Å². The van der Waals surface area contributed by atoms with Crippen LogP contribution in [0.1, 0.15) is 29.1 Å². The van der Waals surface area contributed by atoms with Crippen molar-refractivity contribution in [2.24, 2.45) is 0 Å². The number of hydrogen-bond acceptors (Lipinski definition) is 6. The Bertz CT molecular complexity index is 1140. The van der Waals surface area contributed by atoms with E-state index in [-0.39, 0.29) is 5.82 Å². The zero-order valence-electron chi connectivity index (χ0n) is 19.0. The molecule has 0 amide bonds. The summed E-state index contributed by atoms with van der Waals surface area (Å²) in [6, 6.07) is 7.10. The maximum Gasteiger partial charge on any atom is 0.187 e. The molecular weight excluding hydrogens is 437 g/mol. The number of halogens is 1. The number of piperazine rings is 1. The zero-order valence-corrected chi connectivity index (χ0v) is 19.8. The molecule has 1 N–H and O–H groups in total. The fourth-order valence-corrected chi connectivity index (χ4v) is 6.69. The largest absolute Gasteiger partial charge is 0.370 e. The third kappa shape index (κ3) is 4.20. The normalized spacial score (nSPS) is 19.8. The molecule has 2 fully saturated rings. The van der Waals surface area contributed by atoms with Crippen molar-refractivity contribution in [1.82, 2.24) is 9.97 Å². The summed E-state index contributed by atoms with van der Waals surface area (Å²) in [5.41, 5.74) is 2.19. The monoisotopic (exact) mass is 468 g/mol. The van der Waals surface area contributed by atoms with Gasteiger partial charge in [0.15, 0.2) is 5.82 Å². The Hall–Kier alpha value is -2.29. The number of ether oxygens (including phenoxy) is 1. The molecule has 174 valence electrons. The van der Waals surface area contributed by atoms with Crippen LogP contribution in [0.3, 0.4) is 0 Å². The molecule has 3 aromatic rings. The van der Waals surface area contributed by atoms with Crippen LogP contribution in [0.2, 0.25) is 0 Å². The van der Waals surface area contributed by atoms with Gasteiger partial charge in [-0.1, -0.05) is 12.1 Å². The summed E-state index contributed by atoms with van der Waals surface area (Å²) in [6.45, 7) is 7.78. The molecule has 3 aliphatic rings. The summed E-state index contributed by atoms with van der Waals surface area (Å²) in [4.78, 5) is 19.0. The number of benzene rings is 1. The van der Waals surface area contributed by atoms with Crippen molar-refractivity contribution in [2.75, 3.05) is 62.3 Å². The Morgan fingerprint density at radius 1 is 0.970 bits per heavy atom. The predicted molar refractivity (Wildman–Crippen MR) is 130 cm³/mol. The van der Waals surface area contributed by atoms with E-state index >= 15 is 0 Å². The van der Waals surface area contributed by atoms with Gasteiger partial charge in [-0.05, 0) is 43.4 Å². The van der Waals surface area contributed by atoms with Crippen molar-refractivity contribution < 1.29 is 14.0 Å². The Labute approximate surface area is 198 Å². The van der Waals surface area contributed by atoms with Gasteiger partial charge in [0.25, 0.3) is 0 Å². The molecule has 2 aliphatic heterocycles. The number of nitrogens with zero attached hydrogens (tertiary/aromatic N) is 4. The zero-order chi connectivity index (χ0) is 22.2. The standard InChI is InChI=1S/C25H30FN5OS/c26-19-6-2-3-7-20(19)30-9-11-31(12-10-30)24-23-18-5-1-4-8-21(18)33-25(23)28-22(27-24)17-29-13-15-32-16-14-29/h2-3,6-7H,1,4-5,8-17H2/p+1. The van der Waals surface area contributed by atoms with Gasteiger partial charge in [0.1, 0.15) is 36.1 Å². The second kappa shape index (κ2) is 9.16. The first-order chi connectivity index (χ1) is 16.3. The lowest BCUT2D eigenvalue weighted by Crippen LogP contribution is -3.12. The second-order valence-electron chi connectivity index (χ2n) is 9.32. The molecule has 4 heterocycles. The fraction of sp³-hybridized carbons (Fsp3) is 0.520. The van der Waals surface area contributed by atoms with Crippen LogP contribution in [0.15, 0.2) is 24.3 Å². The number of para-hydroxylation sites is 1. The van der Waals surface area contributed by atoms with Gasteiger partial charge in [0, 0.05) is 31.1 Å². The van der Waals surface area contributed by atoms with Crippen LogP contribution in [0.5, 0.6) is 0 Å². The molecule has 1 aliphatic carbocycles. The predicted octanol–water partition coefficient (Wildman–Crippen LogP) is 2.45. The number of hydrogen-bond donors (Lipinski definition) is 1. The molecule has 0 radical (unpaired) electrons. The molecule has 0 bridgehead atoms. The van der Waals surface area contributed by atoms with Crippen LogP contribution in [0, 0.1) is 5.82 Å². The Morgan fingerprint density at radius 2 is 1.73 bits per heavy atom. The highest BCUT2D eigenvalue weighted by molar-refractivity contribution is 7.19. The number of quaternary nitrogens is 1. The van der Waals surface area contributed by atoms with Gasteiger partial charge < -0.3 is 19.4 Å². The van der Waals surface area contributed by atoms with E-state index in [1.165, 1.54) is 40.0 Å². The van der Waals surface area contributed by atoms with Crippen LogP contribution >= 0.6 is 11.3 Å². The lowest BCUT2D eigenvalue weighted by Gasteiger charge is -2.37. The molecule has 0 atom stereocenters. The fourth-order valence-electron chi connectivity index (χ4n) is 5.42. The van der Waals surface area contributed by atoms with Crippen LogP contribution in [0.25, 0.3) is 10.2 Å². The quantitative estimate of drug-likeness (QED) is 0.638. The maximum absolute atomic E-state index is 14.3. The molecule has 6 rings (SSSR count). The number of aryl methyl sites for hydroxylation is 2. The number of anilines is 2. The van der Waals surface area contributed by atoms with E-state index in [1.54, 1.807) is 12.1 Å². The van der Waals surface area contributed by atoms with Crippen LogP contribution in [-0.4, -0.2) is 62.5 Å². The van der Waals surface area contributed by atoms with E-state index in [1.807, 2.05) is 23.5 Å². The van der Waals surface area contributed by atoms with Gasteiger partial charge in [-0.15, -0.1) is 11.3 Å². The SMILES string of the molecule is Fc1ccccc1N1CCN(c2nc(C[NH+]3CCOCC3)nc3sc4c(c23)CCCC4)CC1. The third-order valence-electron chi connectivity index (χ3n) is 7.22. The first-order valence-electron chi connectivity index (χ1n) is 12.2. The molecule has 0 spiro atoms. The molecular formula is C25H31FN5OS+. The smallest absolute Gasteiger partial charge is 0.187 e. The number of rotatable bonds is 4. The second-order valence-corrected chi connectivity index (χ2v) is 10.4. The van der Waals surface area contributed by atoms with Gasteiger partial charge in [-0.3, -0.25) is 0 Å². The van der Waals surface area contributed by atoms with Gasteiger partial charge >= 0.3 is 0 Å². The van der Waals surface area contributed by atoms with Crippen LogP contribution in [0.4, 0.5) is 15.9 Å². The lowest BCUT2D eigenvalue weighted by atomic mass is 9.97. The van der Waals surface area contributed by atoms with Gasteiger partial charge in [0.05, 0.1) is 24.3 Å². The summed E-state index contributed by atoms with van der Waals surface area (Å²) in [6.07, 6.45) is 4.82. The lowest BCUT2D eigenvalue weighted by molar-refractivity contribution is -0.922. The van der Waals surface area contributed by atoms with Crippen molar-refractivity contribution in [2.45, 2.75) is 32.2 Å². The summed E-state index contributed by atoms with van der Waals surface area (Å²) >= 11 is 1.88. The number of fused-ring (bicyclic) bond motifs is 3. The summed E-state index contributed by atoms with van der Waals surface area (Å²) in [5, 5.41) is 1.29. The van der Waals surface area contributed by atoms with Crippen molar-refractivity contribution in [1.29, 1.82) is 0 Å². The van der Waals surface area contributed by atoms with Crippen LogP contribution < -0.4 is 14.7 Å². The number of thiophene rings is 1. The molecule has 0 saturated carbocycles. The Kier molecular flexibility index (Phi) is 5.90. The average Bonchev–Trinajstić information content (AvgIpc) is 3.23. The van der Waals surface area contributed by atoms with Crippen molar-refractivity contribution in [3.05, 3.63) is 46.3 Å². The maximum atomic E-state index is 14.3. The van der Waals surface area contributed by atoms with Crippen molar-refractivity contribution in [3.63, 3.8) is 0 Å². The molecule has 2 aromatic heterocycles. The summed E-state index contributed by atoms with van der Waals surface area (Å²) in [7, 11) is 0. The molecule has 1 aromatic carbocycles. The van der Waals surface area contributed by atoms with E-state index in [0.29, 0.717) is 5.69 Å². The molecule has 33 heavy (non-hydrogen) atoms.